The van der Waals surface area contributed by atoms with Crippen molar-refractivity contribution in [2.75, 3.05) is 0 Å². The van der Waals surface area contributed by atoms with Gasteiger partial charge in [0.2, 0.25) is 0 Å². The van der Waals surface area contributed by atoms with Gasteiger partial charge < -0.3 is 11.2 Å². The topological polar surface area (TPSA) is 9.23 Å². The molecule has 0 unspecified atom stereocenters. The van der Waals surface area contributed by atoms with Crippen molar-refractivity contribution in [1.82, 2.24) is 0 Å². The van der Waals surface area contributed by atoms with Gasteiger partial charge in [0.1, 0.15) is 0 Å². The second-order valence-corrected chi connectivity index (χ2v) is 8.38. The van der Waals surface area contributed by atoms with Crippen LogP contribution in [-0.2, 0) is 4.74 Å². The minimum absolute atomic E-state index is 0. The molecule has 0 aromatic rings. The number of halogens is 2. The number of rotatable bonds is 4. The predicted molar refractivity (Wildman–Crippen MR) is 89.2 cm³/mol. The van der Waals surface area contributed by atoms with Gasteiger partial charge in [0, 0.05) is 0 Å². The molecule has 0 saturated heterocycles. The van der Waals surface area contributed by atoms with Crippen LogP contribution in [0.3, 0.4) is 0 Å². The van der Waals surface area contributed by atoms with E-state index < -0.39 is 12.0 Å². The van der Waals surface area contributed by atoms with Gasteiger partial charge in [-0.25, -0.2) is 0 Å². The molecule has 0 aromatic carbocycles. The second-order valence-electron chi connectivity index (χ2n) is 8.38. The number of ether oxygens (including phenoxy) is 1. The molecule has 4 heteroatoms. The number of hydrogen-bond acceptors (Lipinski definition) is 1. The van der Waals surface area contributed by atoms with Gasteiger partial charge in [0.25, 0.3) is 0 Å². The van der Waals surface area contributed by atoms with Crippen LogP contribution in [0.5, 0.6) is 0 Å². The first-order valence-corrected chi connectivity index (χ1v) is 9.92. The molecule has 3 aliphatic rings. The van der Waals surface area contributed by atoms with Crippen LogP contribution in [0.1, 0.15) is 84.0 Å². The summed E-state index contributed by atoms with van der Waals surface area (Å²) >= 11 is 0. The predicted octanol–water partition coefficient (Wildman–Crippen LogP) is 6.38. The van der Waals surface area contributed by atoms with Gasteiger partial charge in [-0.05, 0) is 69.1 Å². The zero-order valence-corrected chi connectivity index (χ0v) is 21.7. The third kappa shape index (κ3) is 4.68. The number of alkyl halides is 2. The molecule has 0 aromatic heterocycles. The Morgan fingerprint density at radius 2 is 1.33 bits per heavy atom. The molecule has 3 aliphatic carbocycles. The molecule has 0 aliphatic heterocycles. The van der Waals surface area contributed by atoms with Crippen molar-refractivity contribution in [3.05, 3.63) is 6.42 Å². The van der Waals surface area contributed by atoms with Crippen LogP contribution >= 0.6 is 0 Å². The van der Waals surface area contributed by atoms with Gasteiger partial charge in [-0.3, -0.25) is 0 Å². The molecule has 0 bridgehead atoms. The van der Waals surface area contributed by atoms with E-state index >= 15 is 0 Å². The van der Waals surface area contributed by atoms with E-state index in [2.05, 4.69) is 13.3 Å². The Balaban J connectivity index is 0.00000208. The molecule has 136 valence electrons. The van der Waals surface area contributed by atoms with E-state index in [0.717, 1.165) is 44.4 Å². The average molecular weight is 594 g/mol. The van der Waals surface area contributed by atoms with Crippen LogP contribution < -0.4 is 0 Å². The monoisotopic (exact) mass is 594 g/mol. The van der Waals surface area contributed by atoms with Crippen LogP contribution in [0.2, 0.25) is 0 Å². The quantitative estimate of drug-likeness (QED) is 0.344. The summed E-state index contributed by atoms with van der Waals surface area (Å²) < 4.78 is 34.4. The van der Waals surface area contributed by atoms with Crippen molar-refractivity contribution in [2.45, 2.75) is 96.2 Å². The Morgan fingerprint density at radius 3 is 1.92 bits per heavy atom. The minimum atomic E-state index is -2.91. The summed E-state index contributed by atoms with van der Waals surface area (Å²) in [7, 11) is 0. The molecule has 0 spiro atoms. The molecule has 3 saturated carbocycles. The third-order valence-corrected chi connectivity index (χ3v) is 6.68. The maximum atomic E-state index is 14.5. The van der Waals surface area contributed by atoms with Crippen LogP contribution in [0, 0.1) is 30.1 Å². The van der Waals surface area contributed by atoms with E-state index in [4.69, 9.17) is 4.74 Å². The molecule has 0 atom stereocenters. The van der Waals surface area contributed by atoms with E-state index in [-0.39, 0.29) is 6.10 Å². The van der Waals surface area contributed by atoms with Crippen molar-refractivity contribution in [3.63, 3.8) is 0 Å². The third-order valence-electron chi connectivity index (χ3n) is 6.68. The van der Waals surface area contributed by atoms with Crippen LogP contribution in [-0.4, -0.2) is 12.2 Å². The Labute approximate surface area is 140 Å². The molecular formula is C20H33F2ORf-. The van der Waals surface area contributed by atoms with Gasteiger partial charge in [0.05, 0.1) is 12.0 Å². The molecule has 0 heterocycles. The fourth-order valence-corrected chi connectivity index (χ4v) is 5.02. The first-order chi connectivity index (χ1) is 11.0. The SMILES string of the molecule is CC1CCC(OC(F)(F)C2CCC(C3CC[CH-]CC3)CC2)CC1.[Rf]. The summed E-state index contributed by atoms with van der Waals surface area (Å²) in [4.78, 5) is 0. The Bertz CT molecular complexity index is 355. The summed E-state index contributed by atoms with van der Waals surface area (Å²) in [5.74, 6) is 1.60. The normalized spacial score (nSPS) is 36.1. The number of hydrogen-bond donors (Lipinski definition) is 0. The first kappa shape index (κ1) is 19.1. The molecule has 24 heavy (non-hydrogen) atoms. The zero-order valence-electron chi connectivity index (χ0n) is 15.3. The maximum Gasteiger partial charge on any atom is 0.358 e. The fourth-order valence-electron chi connectivity index (χ4n) is 5.02. The van der Waals surface area contributed by atoms with Crippen molar-refractivity contribution in [3.8, 4) is 0 Å². The van der Waals surface area contributed by atoms with Crippen molar-refractivity contribution >= 4 is 0 Å². The Kier molecular flexibility index (Phi) is 6.60. The van der Waals surface area contributed by atoms with Crippen LogP contribution in [0.4, 0.5) is 8.78 Å². The van der Waals surface area contributed by atoms with Crippen molar-refractivity contribution < 1.29 is 13.5 Å². The van der Waals surface area contributed by atoms with Gasteiger partial charge in [0.15, 0.2) is 0 Å². The van der Waals surface area contributed by atoms with E-state index in [1.54, 1.807) is 0 Å². The fraction of sp³-hybridized carbons (Fsp3) is 0.950. The molecule has 0 amide bonds. The molecule has 1 nitrogen and oxygen atoms in total. The molecular weight excluding hydrogens is 561 g/mol. The van der Waals surface area contributed by atoms with Gasteiger partial charge >= 0.3 is 6.11 Å². The van der Waals surface area contributed by atoms with Gasteiger partial charge in [-0.1, -0.05) is 19.8 Å². The summed E-state index contributed by atoms with van der Waals surface area (Å²) in [6, 6.07) is 0. The molecule has 0 N–H and O–H groups in total. The summed E-state index contributed by atoms with van der Waals surface area (Å²) in [5.41, 5.74) is 0. The largest absolute Gasteiger partial charge is 0.358 e. The van der Waals surface area contributed by atoms with Crippen molar-refractivity contribution in [1.29, 1.82) is 0 Å². The standard InChI is InChI=1S/C20H33F2O.Rf/c1-15-7-13-19(14-8-15)23-20(21,22)18-11-9-17(10-12-18)16-5-3-2-4-6-16;/h2,15-19H,3-14H2,1H3;/q-1;. The average Bonchev–Trinajstić information content (AvgIpc) is 2.58. The Hall–Kier alpha value is -1.18. The summed E-state index contributed by atoms with van der Waals surface area (Å²) in [6.45, 7) is 2.21. The summed E-state index contributed by atoms with van der Waals surface area (Å²) in [5, 5.41) is 0. The van der Waals surface area contributed by atoms with E-state index in [1.165, 1.54) is 25.7 Å². The second kappa shape index (κ2) is 8.27. The summed E-state index contributed by atoms with van der Waals surface area (Å²) in [6.07, 6.45) is 11.2. The minimum Gasteiger partial charge on any atom is -0.328 e. The van der Waals surface area contributed by atoms with Crippen molar-refractivity contribution in [2.24, 2.45) is 23.7 Å². The van der Waals surface area contributed by atoms with Crippen LogP contribution in [0.15, 0.2) is 0 Å². The van der Waals surface area contributed by atoms with Gasteiger partial charge in [-0.15, -0.1) is 0 Å². The van der Waals surface area contributed by atoms with E-state index in [9.17, 15) is 8.78 Å². The molecule has 3 rings (SSSR count). The zero-order chi connectivity index (χ0) is 16.3. The van der Waals surface area contributed by atoms with Crippen LogP contribution in [0.25, 0.3) is 0 Å². The Morgan fingerprint density at radius 1 is 0.792 bits per heavy atom. The smallest absolute Gasteiger partial charge is 0.328 e. The first-order valence-electron chi connectivity index (χ1n) is 9.92. The maximum absolute atomic E-state index is 14.5. The molecule has 3 fully saturated rings. The van der Waals surface area contributed by atoms with Gasteiger partial charge in [-0.2, -0.15) is 21.6 Å². The van der Waals surface area contributed by atoms with E-state index in [1.807, 2.05) is 0 Å². The van der Waals surface area contributed by atoms with E-state index in [0.29, 0.717) is 24.7 Å². The molecule has 0 radical (unpaired) electrons.